The molecule has 3 N–H and O–H groups in total. The van der Waals surface area contributed by atoms with Crippen LogP contribution in [-0.4, -0.2) is 62.2 Å². The standard InChI is InChI=1S/C22H18N8O5S2/c1-35-27-15(14-10-37-22(24)25-14)18(31)26-16-19(32)30-17(21(33)34)11(9-36-20(16)30)7-28-4-5-29-12(6-23)2-3-13(29)8-28/h2-5,8,10,16,20H,7,9H2,1H3,(H3-,24,25,26,31,33,34)/b27-15-/t16-,20-/m1/s1. The van der Waals surface area contributed by atoms with Gasteiger partial charge in [-0.05, 0) is 5.57 Å². The Morgan fingerprint density at radius 3 is 2.95 bits per heavy atom. The van der Waals surface area contributed by atoms with Crippen molar-refractivity contribution in [1.82, 2.24) is 19.8 Å². The molecular weight excluding hydrogens is 520 g/mol. The first kappa shape index (κ1) is 24.3. The minimum absolute atomic E-state index is 0.157. The average molecular weight is 539 g/mol. The highest BCUT2D eigenvalue weighted by Gasteiger charge is 2.53. The fourth-order valence-electron chi connectivity index (χ4n) is 4.21. The minimum Gasteiger partial charge on any atom is -0.543 e. The summed E-state index contributed by atoms with van der Waals surface area (Å²) in [5, 5.41) is 28.7. The number of carboxylic acid groups (broad SMARTS) is 1. The van der Waals surface area contributed by atoms with Gasteiger partial charge in [0.05, 0.1) is 24.1 Å². The van der Waals surface area contributed by atoms with Crippen LogP contribution in [0.25, 0.3) is 5.69 Å². The first-order chi connectivity index (χ1) is 17.8. The van der Waals surface area contributed by atoms with Crippen LogP contribution in [-0.2, 0) is 25.8 Å². The normalized spacial score (nSPS) is 19.3. The molecule has 4 aliphatic rings. The van der Waals surface area contributed by atoms with Gasteiger partial charge < -0.3 is 30.4 Å². The number of anilines is 1. The fourth-order valence-corrected chi connectivity index (χ4v) is 6.09. The molecule has 1 saturated heterocycles. The summed E-state index contributed by atoms with van der Waals surface area (Å²) >= 11 is 2.44. The molecule has 13 nitrogen and oxygen atoms in total. The summed E-state index contributed by atoms with van der Waals surface area (Å²) in [6.45, 7) is 0.198. The number of aromatic nitrogens is 3. The van der Waals surface area contributed by atoms with Crippen LogP contribution in [0, 0.1) is 11.3 Å². The Balaban J connectivity index is 1.36. The Morgan fingerprint density at radius 2 is 2.27 bits per heavy atom. The number of rotatable bonds is 7. The third kappa shape index (κ3) is 4.26. The van der Waals surface area contributed by atoms with E-state index in [1.165, 1.54) is 24.3 Å². The molecule has 0 spiro atoms. The Bertz CT molecular complexity index is 1500. The highest BCUT2D eigenvalue weighted by atomic mass is 32.2. The predicted molar refractivity (Wildman–Crippen MR) is 129 cm³/mol. The molecule has 1 aromatic rings. The molecular formula is C22H18N8O5S2. The van der Waals surface area contributed by atoms with E-state index in [0.29, 0.717) is 17.0 Å². The average Bonchev–Trinajstić information content (AvgIpc) is 3.50. The summed E-state index contributed by atoms with van der Waals surface area (Å²) in [5.41, 5.74) is 7.19. The molecule has 0 aliphatic carbocycles. The molecule has 4 aliphatic heterocycles. The maximum atomic E-state index is 13.0. The lowest BCUT2D eigenvalue weighted by Gasteiger charge is -2.50. The van der Waals surface area contributed by atoms with Crippen LogP contribution in [0.5, 0.6) is 0 Å². The number of nitrogen functional groups attached to an aromatic ring is 1. The topological polar surface area (TPSA) is 183 Å². The molecule has 0 aromatic carbocycles. The number of carboxylic acids is 1. The van der Waals surface area contributed by atoms with Crippen LogP contribution in [0.1, 0.15) is 11.4 Å². The van der Waals surface area contributed by atoms with E-state index in [1.807, 2.05) is 0 Å². The fraction of sp³-hybridized carbons (Fsp3) is 0.227. The second-order valence-electron chi connectivity index (χ2n) is 8.02. The summed E-state index contributed by atoms with van der Waals surface area (Å²) in [6, 6.07) is 4.59. The van der Waals surface area contributed by atoms with Gasteiger partial charge in [-0.25, -0.2) is 4.98 Å². The number of β-lactam (4-membered cyclic amide) rings is 1. The molecule has 37 heavy (non-hydrogen) atoms. The number of hydrogen-bond acceptors (Lipinski definition) is 11. The van der Waals surface area contributed by atoms with E-state index < -0.39 is 29.2 Å². The minimum atomic E-state index is -1.48. The van der Waals surface area contributed by atoms with E-state index in [-0.39, 0.29) is 28.8 Å². The summed E-state index contributed by atoms with van der Waals surface area (Å²) in [7, 11) is 1.27. The van der Waals surface area contributed by atoms with E-state index in [2.05, 4.69) is 21.5 Å². The highest BCUT2D eigenvalue weighted by Crippen LogP contribution is 2.40. The summed E-state index contributed by atoms with van der Waals surface area (Å²) in [5.74, 6) is -2.46. The molecule has 2 atom stereocenters. The van der Waals surface area contributed by atoms with Crippen molar-refractivity contribution in [2.75, 3.05) is 18.6 Å². The predicted octanol–water partition coefficient (Wildman–Crippen LogP) is -1.43. The number of oxime groups is 1. The summed E-state index contributed by atoms with van der Waals surface area (Å²) in [4.78, 5) is 47.9. The van der Waals surface area contributed by atoms with Crippen LogP contribution in [0.3, 0.4) is 0 Å². The van der Waals surface area contributed by atoms with E-state index in [0.717, 1.165) is 21.9 Å². The highest BCUT2D eigenvalue weighted by molar-refractivity contribution is 8.00. The molecule has 1 aromatic heterocycles. The number of nitrogens with zero attached hydrogens (tertiary/aromatic N) is 6. The molecule has 188 valence electrons. The molecule has 5 heterocycles. The van der Waals surface area contributed by atoms with Crippen molar-refractivity contribution < 1.29 is 28.9 Å². The van der Waals surface area contributed by atoms with Gasteiger partial charge >= 0.3 is 0 Å². The Hall–Kier alpha value is -4.42. The molecule has 15 heteroatoms. The zero-order valence-electron chi connectivity index (χ0n) is 19.2. The quantitative estimate of drug-likeness (QED) is 0.158. The van der Waals surface area contributed by atoms with Gasteiger partial charge in [-0.15, -0.1) is 27.7 Å². The molecule has 5 rings (SSSR count). The van der Waals surface area contributed by atoms with Crippen molar-refractivity contribution in [3.63, 3.8) is 0 Å². The van der Waals surface area contributed by atoms with Gasteiger partial charge in [0.25, 0.3) is 17.5 Å². The van der Waals surface area contributed by atoms with E-state index in [9.17, 15) is 24.8 Å². The van der Waals surface area contributed by atoms with Crippen LogP contribution in [0.2, 0.25) is 0 Å². The lowest BCUT2D eigenvalue weighted by molar-refractivity contribution is -0.596. The van der Waals surface area contributed by atoms with E-state index in [1.54, 1.807) is 39.9 Å². The van der Waals surface area contributed by atoms with Gasteiger partial charge in [-0.2, -0.15) is 5.26 Å². The van der Waals surface area contributed by atoms with E-state index >= 15 is 0 Å². The molecule has 1 fully saturated rings. The maximum Gasteiger partial charge on any atom is 0.289 e. The number of aliphatic carboxylic acids is 1. The SMILES string of the molecule is CO/N=C(\C(=O)N[C@@H]1C(=O)N2C(C(=O)[O-])=C(Cn3cc[n+]4c(C#N)ccc-4c3)CS[C@H]12)c1csc(N)n1. The molecule has 0 bridgehead atoms. The number of amides is 2. The van der Waals surface area contributed by atoms with Crippen molar-refractivity contribution in [2.45, 2.75) is 18.0 Å². The molecule has 0 unspecified atom stereocenters. The van der Waals surface area contributed by atoms with Crippen molar-refractivity contribution >= 4 is 51.7 Å². The van der Waals surface area contributed by atoms with Crippen LogP contribution in [0.4, 0.5) is 5.13 Å². The number of carbonyl (C=O) groups excluding carboxylic acids is 3. The molecule has 0 saturated carbocycles. The smallest absolute Gasteiger partial charge is 0.289 e. The van der Waals surface area contributed by atoms with Gasteiger partial charge in [-0.1, -0.05) is 5.16 Å². The zero-order valence-corrected chi connectivity index (χ0v) is 20.8. The van der Waals surface area contributed by atoms with Gasteiger partial charge in [-0.3, -0.25) is 14.5 Å². The lowest BCUT2D eigenvalue weighted by atomic mass is 10.0. The van der Waals surface area contributed by atoms with Crippen molar-refractivity contribution in [3.8, 4) is 11.8 Å². The largest absolute Gasteiger partial charge is 0.543 e. The van der Waals surface area contributed by atoms with Crippen molar-refractivity contribution in [3.05, 3.63) is 58.8 Å². The zero-order chi connectivity index (χ0) is 26.3. The Kier molecular flexibility index (Phi) is 6.27. The van der Waals surface area contributed by atoms with Gasteiger partial charge in [0.15, 0.2) is 23.1 Å². The molecule has 0 radical (unpaired) electrons. The second kappa shape index (κ2) is 9.56. The number of nitriles is 1. The summed E-state index contributed by atoms with van der Waals surface area (Å²) in [6.07, 6.45) is 5.20. The number of carbonyl (C=O) groups is 3. The Labute approximate surface area is 217 Å². The third-order valence-corrected chi connectivity index (χ3v) is 7.85. The summed E-state index contributed by atoms with van der Waals surface area (Å²) < 4.78 is 3.48. The van der Waals surface area contributed by atoms with Gasteiger partial charge in [0.1, 0.15) is 24.2 Å². The van der Waals surface area contributed by atoms with E-state index in [4.69, 9.17) is 10.6 Å². The number of fused-ring (bicyclic) bond motifs is 2. The monoisotopic (exact) mass is 538 g/mol. The second-order valence-corrected chi connectivity index (χ2v) is 10.0. The van der Waals surface area contributed by atoms with Crippen molar-refractivity contribution in [1.29, 1.82) is 5.26 Å². The third-order valence-electron chi connectivity index (χ3n) is 5.83. The molecule has 2 amide bonds. The Morgan fingerprint density at radius 1 is 1.46 bits per heavy atom. The number of hydrogen-bond donors (Lipinski definition) is 2. The first-order valence-corrected chi connectivity index (χ1v) is 12.7. The first-order valence-electron chi connectivity index (χ1n) is 10.7. The lowest BCUT2D eigenvalue weighted by Crippen LogP contribution is -2.71. The van der Waals surface area contributed by atoms with Gasteiger partial charge in [0.2, 0.25) is 5.69 Å². The van der Waals surface area contributed by atoms with Crippen molar-refractivity contribution in [2.24, 2.45) is 5.16 Å². The van der Waals surface area contributed by atoms with Crippen LogP contribution >= 0.6 is 23.1 Å². The van der Waals surface area contributed by atoms with Crippen LogP contribution in [0.15, 0.2) is 52.5 Å². The number of nitrogens with one attached hydrogen (secondary N) is 1. The number of nitrogens with two attached hydrogens (primary N) is 1. The van der Waals surface area contributed by atoms with Gasteiger partial charge in [0, 0.05) is 29.8 Å². The maximum absolute atomic E-state index is 13.0. The van der Waals surface area contributed by atoms with Crippen LogP contribution < -0.4 is 20.7 Å². The number of thiazole rings is 1. The number of thioether (sulfide) groups is 1.